The van der Waals surface area contributed by atoms with Gasteiger partial charge >= 0.3 is 0 Å². The first-order valence-corrected chi connectivity index (χ1v) is 6.79. The fourth-order valence-electron chi connectivity index (χ4n) is 1.40. The lowest BCUT2D eigenvalue weighted by atomic mass is 10.1. The van der Waals surface area contributed by atoms with E-state index in [2.05, 4.69) is 0 Å². The van der Waals surface area contributed by atoms with Gasteiger partial charge < -0.3 is 0 Å². The minimum absolute atomic E-state index is 0.151. The molecule has 0 spiro atoms. The molecule has 19 heavy (non-hydrogen) atoms. The minimum atomic E-state index is -0.351. The second-order valence-corrected chi connectivity index (χ2v) is 5.16. The van der Waals surface area contributed by atoms with Gasteiger partial charge in [0.15, 0.2) is 5.78 Å². The number of hydrogen-bond acceptors (Lipinski definition) is 2. The molecule has 0 heterocycles. The highest BCUT2D eigenvalue weighted by Crippen LogP contribution is 2.21. The molecular weight excluding hydrogens is 283 g/mol. The molecule has 0 aliphatic rings. The van der Waals surface area contributed by atoms with Crippen molar-refractivity contribution in [2.75, 3.05) is 0 Å². The van der Waals surface area contributed by atoms with E-state index in [9.17, 15) is 9.18 Å². The van der Waals surface area contributed by atoms with Crippen LogP contribution in [0.1, 0.15) is 10.4 Å². The van der Waals surface area contributed by atoms with E-state index >= 15 is 0 Å². The van der Waals surface area contributed by atoms with Gasteiger partial charge in [0, 0.05) is 15.5 Å². The number of allylic oxidation sites excluding steroid dienone is 1. The molecule has 0 aliphatic heterocycles. The number of benzene rings is 2. The number of ketones is 1. The van der Waals surface area contributed by atoms with E-state index < -0.39 is 0 Å². The molecule has 2 aromatic carbocycles. The number of halogens is 2. The average Bonchev–Trinajstić information content (AvgIpc) is 2.41. The van der Waals surface area contributed by atoms with Gasteiger partial charge in [-0.1, -0.05) is 23.4 Å². The van der Waals surface area contributed by atoms with Crippen LogP contribution in [0.5, 0.6) is 0 Å². The van der Waals surface area contributed by atoms with Crippen molar-refractivity contribution in [1.29, 1.82) is 0 Å². The Kier molecular flexibility index (Phi) is 4.77. The van der Waals surface area contributed by atoms with Crippen LogP contribution in [0.15, 0.2) is 64.9 Å². The third kappa shape index (κ3) is 4.23. The summed E-state index contributed by atoms with van der Waals surface area (Å²) in [5.74, 6) is -0.502. The standard InChI is InChI=1S/C15H10ClFOS/c16-12-3-7-14(8-4-12)19-10-9-15(18)11-1-5-13(17)6-2-11/h1-10H. The maximum atomic E-state index is 12.7. The first-order valence-electron chi connectivity index (χ1n) is 5.54. The highest BCUT2D eigenvalue weighted by Gasteiger charge is 2.01. The first-order chi connectivity index (χ1) is 9.15. The molecule has 0 amide bonds. The smallest absolute Gasteiger partial charge is 0.186 e. The van der Waals surface area contributed by atoms with Crippen molar-refractivity contribution in [1.82, 2.24) is 0 Å². The van der Waals surface area contributed by atoms with Gasteiger partial charge in [-0.3, -0.25) is 4.79 Å². The van der Waals surface area contributed by atoms with E-state index in [-0.39, 0.29) is 11.6 Å². The molecular formula is C15H10ClFOS. The molecule has 2 aromatic rings. The summed E-state index contributed by atoms with van der Waals surface area (Å²) >= 11 is 7.20. The van der Waals surface area contributed by atoms with Crippen molar-refractivity contribution in [2.45, 2.75) is 4.90 Å². The Labute approximate surface area is 120 Å². The lowest BCUT2D eigenvalue weighted by molar-refractivity contribution is 0.104. The fraction of sp³-hybridized carbons (Fsp3) is 0. The highest BCUT2D eigenvalue weighted by molar-refractivity contribution is 8.02. The van der Waals surface area contributed by atoms with Crippen LogP contribution >= 0.6 is 23.4 Å². The average molecular weight is 293 g/mol. The number of thioether (sulfide) groups is 1. The largest absolute Gasteiger partial charge is 0.289 e. The van der Waals surface area contributed by atoms with E-state index in [1.54, 1.807) is 17.5 Å². The molecule has 96 valence electrons. The Balaban J connectivity index is 1.97. The van der Waals surface area contributed by atoms with Crippen LogP contribution < -0.4 is 0 Å². The van der Waals surface area contributed by atoms with Crippen LogP contribution in [0.3, 0.4) is 0 Å². The van der Waals surface area contributed by atoms with Crippen LogP contribution in [0.25, 0.3) is 0 Å². The molecule has 0 aliphatic carbocycles. The van der Waals surface area contributed by atoms with E-state index in [0.717, 1.165) is 4.90 Å². The predicted octanol–water partition coefficient (Wildman–Crippen LogP) is 4.97. The zero-order chi connectivity index (χ0) is 13.7. The Morgan fingerprint density at radius 1 is 1.05 bits per heavy atom. The zero-order valence-electron chi connectivity index (χ0n) is 9.85. The summed E-state index contributed by atoms with van der Waals surface area (Å²) in [6, 6.07) is 12.8. The number of carbonyl (C=O) groups excluding carboxylic acids is 1. The Hall–Kier alpha value is -1.58. The maximum absolute atomic E-state index is 12.7. The van der Waals surface area contributed by atoms with Crippen molar-refractivity contribution >= 4 is 29.1 Å². The van der Waals surface area contributed by atoms with E-state index in [1.807, 2.05) is 12.1 Å². The van der Waals surface area contributed by atoms with Crippen LogP contribution in [0.4, 0.5) is 4.39 Å². The molecule has 0 saturated heterocycles. The van der Waals surface area contributed by atoms with Crippen LogP contribution in [0.2, 0.25) is 5.02 Å². The van der Waals surface area contributed by atoms with Crippen LogP contribution in [0, 0.1) is 5.82 Å². The summed E-state index contributed by atoms with van der Waals surface area (Å²) in [4.78, 5) is 12.7. The fourth-order valence-corrected chi connectivity index (χ4v) is 2.17. The van der Waals surface area contributed by atoms with Gasteiger partial charge in [0.25, 0.3) is 0 Å². The molecule has 0 saturated carbocycles. The maximum Gasteiger partial charge on any atom is 0.186 e. The molecule has 0 bridgehead atoms. The van der Waals surface area contributed by atoms with Crippen LogP contribution in [-0.2, 0) is 0 Å². The second-order valence-electron chi connectivity index (χ2n) is 3.75. The molecule has 0 atom stereocenters. The lowest BCUT2D eigenvalue weighted by Crippen LogP contribution is -1.93. The van der Waals surface area contributed by atoms with Gasteiger partial charge in [0.1, 0.15) is 5.82 Å². The van der Waals surface area contributed by atoms with Crippen LogP contribution in [-0.4, -0.2) is 5.78 Å². The predicted molar refractivity (Wildman–Crippen MR) is 77.2 cm³/mol. The summed E-state index contributed by atoms with van der Waals surface area (Å²) < 4.78 is 12.7. The monoisotopic (exact) mass is 292 g/mol. The van der Waals surface area contributed by atoms with Crippen molar-refractivity contribution in [3.8, 4) is 0 Å². The number of rotatable bonds is 4. The highest BCUT2D eigenvalue weighted by atomic mass is 35.5. The molecule has 0 radical (unpaired) electrons. The van der Waals surface area contributed by atoms with E-state index in [4.69, 9.17) is 11.6 Å². The summed E-state index contributed by atoms with van der Waals surface area (Å²) in [6.45, 7) is 0. The third-order valence-electron chi connectivity index (χ3n) is 2.37. The van der Waals surface area contributed by atoms with Gasteiger partial charge in [-0.25, -0.2) is 4.39 Å². The number of hydrogen-bond donors (Lipinski definition) is 0. The van der Waals surface area contributed by atoms with Crippen molar-refractivity contribution < 1.29 is 9.18 Å². The molecule has 0 unspecified atom stereocenters. The summed E-state index contributed by atoms with van der Waals surface area (Å²) in [6.07, 6.45) is 1.46. The van der Waals surface area contributed by atoms with E-state index in [1.165, 1.54) is 42.1 Å². The summed E-state index contributed by atoms with van der Waals surface area (Å²) in [5.41, 5.74) is 0.467. The SMILES string of the molecule is O=C(C=CSc1ccc(Cl)cc1)c1ccc(F)cc1. The Morgan fingerprint density at radius 3 is 2.32 bits per heavy atom. The number of carbonyl (C=O) groups is 1. The van der Waals surface area contributed by atoms with Crippen molar-refractivity contribution in [3.63, 3.8) is 0 Å². The summed E-state index contributed by atoms with van der Waals surface area (Å²) in [5, 5.41) is 2.38. The zero-order valence-corrected chi connectivity index (χ0v) is 11.4. The Bertz CT molecular complexity index is 591. The molecule has 0 N–H and O–H groups in total. The minimum Gasteiger partial charge on any atom is -0.289 e. The molecule has 1 nitrogen and oxygen atoms in total. The first kappa shape index (κ1) is 13.8. The third-order valence-corrected chi connectivity index (χ3v) is 3.43. The summed E-state index contributed by atoms with van der Waals surface area (Å²) in [7, 11) is 0. The lowest BCUT2D eigenvalue weighted by Gasteiger charge is -1.97. The van der Waals surface area contributed by atoms with E-state index in [0.29, 0.717) is 10.6 Å². The van der Waals surface area contributed by atoms with Gasteiger partial charge in [-0.2, -0.15) is 0 Å². The molecule has 4 heteroatoms. The molecule has 0 aromatic heterocycles. The topological polar surface area (TPSA) is 17.1 Å². The van der Waals surface area contributed by atoms with Crippen molar-refractivity contribution in [3.05, 3.63) is 76.4 Å². The Morgan fingerprint density at radius 2 is 1.68 bits per heavy atom. The molecule has 0 fully saturated rings. The van der Waals surface area contributed by atoms with Crippen molar-refractivity contribution in [2.24, 2.45) is 0 Å². The second kappa shape index (κ2) is 6.55. The van der Waals surface area contributed by atoms with Gasteiger partial charge in [0.2, 0.25) is 0 Å². The normalized spacial score (nSPS) is 10.8. The van der Waals surface area contributed by atoms with Gasteiger partial charge in [-0.05, 0) is 60.0 Å². The van der Waals surface area contributed by atoms with Gasteiger partial charge in [-0.15, -0.1) is 0 Å². The molecule has 2 rings (SSSR count). The quantitative estimate of drug-likeness (QED) is 0.450. The van der Waals surface area contributed by atoms with Gasteiger partial charge in [0.05, 0.1) is 0 Å².